The molecule has 0 spiro atoms. The molecule has 1 aliphatic carbocycles. The van der Waals surface area contributed by atoms with E-state index in [1.807, 2.05) is 0 Å². The van der Waals surface area contributed by atoms with Gasteiger partial charge in [0.1, 0.15) is 0 Å². The number of aryl methyl sites for hydroxylation is 1. The Kier molecular flexibility index (Phi) is 5.69. The van der Waals surface area contributed by atoms with Crippen LogP contribution in [0.2, 0.25) is 5.02 Å². The van der Waals surface area contributed by atoms with Crippen molar-refractivity contribution in [1.82, 2.24) is 5.32 Å². The van der Waals surface area contributed by atoms with Crippen LogP contribution < -0.4 is 5.32 Å². The van der Waals surface area contributed by atoms with Crippen LogP contribution in [0.4, 0.5) is 17.6 Å². The van der Waals surface area contributed by atoms with Crippen LogP contribution in [-0.4, -0.2) is 24.0 Å². The Bertz CT molecular complexity index is 748. The first kappa shape index (κ1) is 20.3. The summed E-state index contributed by atoms with van der Waals surface area (Å²) < 4.78 is 54.6. The van der Waals surface area contributed by atoms with Crippen molar-refractivity contribution in [3.8, 4) is 0 Å². The molecule has 1 N–H and O–H groups in total. The smallest absolute Gasteiger partial charge is 0.310 e. The molecule has 0 aromatic heterocycles. The van der Waals surface area contributed by atoms with E-state index in [2.05, 4.69) is 11.9 Å². The molecule has 1 aromatic carbocycles. The van der Waals surface area contributed by atoms with Crippen molar-refractivity contribution in [2.75, 3.05) is 6.54 Å². The van der Waals surface area contributed by atoms with Gasteiger partial charge < -0.3 is 5.32 Å². The number of Topliss-reactive ketones (excluding diaryl/α,β-unsaturated/α-hetero) is 1. The molecular weight excluding hydrogens is 382 g/mol. The van der Waals surface area contributed by atoms with Crippen molar-refractivity contribution >= 4 is 17.4 Å². The number of ketones is 1. The molecule has 3 atom stereocenters. The van der Waals surface area contributed by atoms with E-state index in [4.69, 9.17) is 11.6 Å². The molecule has 1 aromatic rings. The summed E-state index contributed by atoms with van der Waals surface area (Å²) in [6, 6.07) is 3.39. The Labute approximate surface area is 161 Å². The molecule has 27 heavy (non-hydrogen) atoms. The maximum atomic E-state index is 15.7. The molecule has 2 fully saturated rings. The Morgan fingerprint density at radius 1 is 1.37 bits per heavy atom. The maximum Gasteiger partial charge on any atom is 0.417 e. The number of nitrogens with one attached hydrogen (secondary N) is 1. The van der Waals surface area contributed by atoms with Crippen LogP contribution in [0, 0.1) is 5.92 Å². The van der Waals surface area contributed by atoms with Gasteiger partial charge in [0.25, 0.3) is 0 Å². The van der Waals surface area contributed by atoms with Gasteiger partial charge in [0.2, 0.25) is 0 Å². The Morgan fingerprint density at radius 3 is 2.81 bits per heavy atom. The summed E-state index contributed by atoms with van der Waals surface area (Å²) >= 11 is 5.88. The molecule has 7 heteroatoms. The van der Waals surface area contributed by atoms with Gasteiger partial charge in [-0.2, -0.15) is 13.2 Å². The summed E-state index contributed by atoms with van der Waals surface area (Å²) in [6.45, 7) is 4.76. The van der Waals surface area contributed by atoms with Gasteiger partial charge >= 0.3 is 6.18 Å². The van der Waals surface area contributed by atoms with Gasteiger partial charge in [-0.1, -0.05) is 35.9 Å². The largest absolute Gasteiger partial charge is 0.417 e. The molecule has 1 aliphatic heterocycles. The Morgan fingerprint density at radius 2 is 2.11 bits per heavy atom. The van der Waals surface area contributed by atoms with Gasteiger partial charge in [0.05, 0.1) is 10.6 Å². The number of rotatable bonds is 4. The predicted molar refractivity (Wildman–Crippen MR) is 96.5 cm³/mol. The van der Waals surface area contributed by atoms with Crippen LogP contribution in [0.5, 0.6) is 0 Å². The first-order valence-electron chi connectivity index (χ1n) is 9.12. The molecule has 3 unspecified atom stereocenters. The third-order valence-electron chi connectivity index (χ3n) is 5.77. The van der Waals surface area contributed by atoms with Crippen LogP contribution in [0.3, 0.4) is 0 Å². The summed E-state index contributed by atoms with van der Waals surface area (Å²) in [5, 5.41) is 2.83. The number of hydrogen-bond acceptors (Lipinski definition) is 2. The minimum Gasteiger partial charge on any atom is -0.310 e. The minimum absolute atomic E-state index is 0.0149. The molecular formula is C20H22ClF4NO. The van der Waals surface area contributed by atoms with Gasteiger partial charge in [-0.3, -0.25) is 4.79 Å². The van der Waals surface area contributed by atoms with Crippen LogP contribution in [0.15, 0.2) is 30.4 Å². The molecule has 2 aliphatic rings. The lowest BCUT2D eigenvalue weighted by Crippen LogP contribution is -2.57. The lowest BCUT2D eigenvalue weighted by Gasteiger charge is -2.46. The van der Waals surface area contributed by atoms with E-state index in [1.54, 1.807) is 0 Å². The topological polar surface area (TPSA) is 29.1 Å². The zero-order valence-electron chi connectivity index (χ0n) is 14.8. The van der Waals surface area contributed by atoms with E-state index in [1.165, 1.54) is 12.1 Å². The van der Waals surface area contributed by atoms with E-state index in [0.29, 0.717) is 12.8 Å². The summed E-state index contributed by atoms with van der Waals surface area (Å²) in [4.78, 5) is 12.8. The fraction of sp³-hybridized carbons (Fsp3) is 0.550. The van der Waals surface area contributed by atoms with E-state index >= 15 is 4.39 Å². The second-order valence-electron chi connectivity index (χ2n) is 7.40. The third-order valence-corrected chi connectivity index (χ3v) is 6.21. The zero-order valence-corrected chi connectivity index (χ0v) is 15.6. The van der Waals surface area contributed by atoms with Gasteiger partial charge in [-0.25, -0.2) is 4.39 Å². The van der Waals surface area contributed by atoms with E-state index < -0.39 is 34.1 Å². The molecule has 1 saturated carbocycles. The summed E-state index contributed by atoms with van der Waals surface area (Å²) in [7, 11) is 0. The quantitative estimate of drug-likeness (QED) is 0.547. The fourth-order valence-corrected chi connectivity index (χ4v) is 4.62. The summed E-state index contributed by atoms with van der Waals surface area (Å²) in [5.41, 5.74) is -1.77. The first-order valence-corrected chi connectivity index (χ1v) is 9.50. The van der Waals surface area contributed by atoms with Crippen molar-refractivity contribution in [1.29, 1.82) is 0 Å². The lowest BCUT2D eigenvalue weighted by atomic mass is 9.66. The third kappa shape index (κ3) is 3.92. The van der Waals surface area contributed by atoms with Gasteiger partial charge in [-0.15, -0.1) is 0 Å². The summed E-state index contributed by atoms with van der Waals surface area (Å²) in [5.74, 6) is -1.01. The van der Waals surface area contributed by atoms with Crippen molar-refractivity contribution in [3.05, 3.63) is 46.5 Å². The molecule has 148 valence electrons. The number of halogens is 5. The second-order valence-corrected chi connectivity index (χ2v) is 7.78. The molecule has 1 heterocycles. The van der Waals surface area contributed by atoms with Crippen LogP contribution in [0.25, 0.3) is 0 Å². The standard InChI is InChI=1S/C20H22ClF4NO/c1-12-9-10-19(22,15-6-3-11-26-18(12)15)16(27)8-7-13-4-2-5-14(17(13)21)20(23,24)25/h2,4-5,15,18,26H,1,3,6-11H2. The van der Waals surface area contributed by atoms with Crippen LogP contribution >= 0.6 is 11.6 Å². The van der Waals surface area contributed by atoms with Crippen molar-refractivity contribution in [2.24, 2.45) is 5.92 Å². The van der Waals surface area contributed by atoms with Crippen LogP contribution in [0.1, 0.15) is 43.2 Å². The lowest BCUT2D eigenvalue weighted by molar-refractivity contribution is -0.138. The number of alkyl halides is 4. The first-order chi connectivity index (χ1) is 12.6. The fourth-order valence-electron chi connectivity index (χ4n) is 4.29. The Balaban J connectivity index is 1.75. The monoisotopic (exact) mass is 403 g/mol. The number of carbonyl (C=O) groups excluding carboxylic acids is 1. The van der Waals surface area contributed by atoms with Gasteiger partial charge in [-0.05, 0) is 50.3 Å². The van der Waals surface area contributed by atoms with E-state index in [9.17, 15) is 18.0 Å². The number of piperidine rings is 1. The molecule has 1 saturated heterocycles. The van der Waals surface area contributed by atoms with Gasteiger partial charge in [0, 0.05) is 18.4 Å². The number of benzene rings is 1. The highest BCUT2D eigenvalue weighted by molar-refractivity contribution is 6.32. The average Bonchev–Trinajstić information content (AvgIpc) is 2.63. The second kappa shape index (κ2) is 7.55. The van der Waals surface area contributed by atoms with E-state index in [-0.39, 0.29) is 30.9 Å². The number of carbonyl (C=O) groups is 1. The average molecular weight is 404 g/mol. The van der Waals surface area contributed by atoms with Crippen LogP contribution in [-0.2, 0) is 17.4 Å². The highest BCUT2D eigenvalue weighted by atomic mass is 35.5. The molecule has 0 radical (unpaired) electrons. The maximum absolute atomic E-state index is 15.7. The zero-order chi connectivity index (χ0) is 19.8. The predicted octanol–water partition coefficient (Wildman–Crippen LogP) is 5.29. The van der Waals surface area contributed by atoms with E-state index in [0.717, 1.165) is 24.6 Å². The highest BCUT2D eigenvalue weighted by Gasteiger charge is 2.52. The molecule has 0 amide bonds. The van der Waals surface area contributed by atoms with Crippen molar-refractivity contribution in [3.63, 3.8) is 0 Å². The molecule has 3 rings (SSSR count). The summed E-state index contributed by atoms with van der Waals surface area (Å²) in [6.07, 6.45) is -2.85. The minimum atomic E-state index is -4.57. The Hall–Kier alpha value is -1.40. The SMILES string of the molecule is C=C1CCC(F)(C(=O)CCc2cccc(C(F)(F)F)c2Cl)C2CCCNC12. The number of hydrogen-bond donors (Lipinski definition) is 1. The number of fused-ring (bicyclic) bond motifs is 1. The molecule has 0 bridgehead atoms. The molecule has 2 nitrogen and oxygen atoms in total. The van der Waals surface area contributed by atoms with Gasteiger partial charge in [0.15, 0.2) is 11.5 Å². The normalized spacial score (nSPS) is 28.7. The van der Waals surface area contributed by atoms with Crippen molar-refractivity contribution in [2.45, 2.75) is 56.4 Å². The van der Waals surface area contributed by atoms with Crippen molar-refractivity contribution < 1.29 is 22.4 Å². The highest BCUT2D eigenvalue weighted by Crippen LogP contribution is 2.45.